The molecule has 1 atom stereocenters. The number of aromatic nitrogens is 3. The number of fused-ring (bicyclic) bond motifs is 4. The number of aryl methyl sites for hydroxylation is 1. The van der Waals surface area contributed by atoms with Gasteiger partial charge in [0.15, 0.2) is 23.3 Å². The molecule has 7 rings (SSSR count). The number of halogens is 4. The highest BCUT2D eigenvalue weighted by Gasteiger charge is 2.41. The minimum atomic E-state index is -4.49. The predicted octanol–water partition coefficient (Wildman–Crippen LogP) is 8.15. The second kappa shape index (κ2) is 9.95. The largest absolute Gasteiger partial charge is 0.416 e. The van der Waals surface area contributed by atoms with Crippen LogP contribution in [0.25, 0.3) is 5.82 Å². The number of anilines is 2. The summed E-state index contributed by atoms with van der Waals surface area (Å²) in [6, 6.07) is 25.9. The Hall–Kier alpha value is -4.77. The average Bonchev–Trinajstić information content (AvgIpc) is 3.32. The second-order valence-corrected chi connectivity index (χ2v) is 10.8. The fourth-order valence-electron chi connectivity index (χ4n) is 5.34. The van der Waals surface area contributed by atoms with Crippen molar-refractivity contribution < 1.29 is 13.2 Å². The number of alkyl halides is 3. The van der Waals surface area contributed by atoms with E-state index >= 15 is 0 Å². The Bertz CT molecular complexity index is 1900. The van der Waals surface area contributed by atoms with Crippen molar-refractivity contribution in [1.29, 1.82) is 0 Å². The molecule has 2 aliphatic heterocycles. The van der Waals surface area contributed by atoms with E-state index < -0.39 is 11.7 Å². The Morgan fingerprint density at radius 1 is 0.881 bits per heavy atom. The average molecular weight is 628 g/mol. The topological polar surface area (TPSA) is 70.7 Å². The van der Waals surface area contributed by atoms with Crippen LogP contribution in [0.3, 0.4) is 0 Å². The molecule has 208 valence electrons. The summed E-state index contributed by atoms with van der Waals surface area (Å²) in [5, 5.41) is 7.98. The Morgan fingerprint density at radius 2 is 1.69 bits per heavy atom. The normalized spacial score (nSPS) is 15.7. The van der Waals surface area contributed by atoms with Gasteiger partial charge in [-0.2, -0.15) is 23.0 Å². The molecule has 1 N–H and O–H groups in total. The summed E-state index contributed by atoms with van der Waals surface area (Å²) in [6.07, 6.45) is -2.80. The molecule has 0 radical (unpaired) electrons. The maximum absolute atomic E-state index is 13.5. The van der Waals surface area contributed by atoms with E-state index in [9.17, 15) is 13.2 Å². The lowest BCUT2D eigenvalue weighted by Gasteiger charge is -2.40. The molecule has 5 aromatic rings. The number of hydrogen-bond acceptors (Lipinski definition) is 6. The van der Waals surface area contributed by atoms with Gasteiger partial charge in [-0.3, -0.25) is 0 Å². The van der Waals surface area contributed by atoms with Gasteiger partial charge < -0.3 is 10.2 Å². The lowest BCUT2D eigenvalue weighted by Crippen LogP contribution is -2.46. The van der Waals surface area contributed by atoms with Gasteiger partial charge in [-0.1, -0.05) is 52.3 Å². The number of para-hydroxylation sites is 2. The number of nitrogens with zero attached hydrogens (tertiary/aromatic N) is 6. The van der Waals surface area contributed by atoms with Crippen LogP contribution in [0.1, 0.15) is 28.4 Å². The Morgan fingerprint density at radius 3 is 2.48 bits per heavy atom. The van der Waals surface area contributed by atoms with Gasteiger partial charge in [0, 0.05) is 21.9 Å². The zero-order valence-electron chi connectivity index (χ0n) is 22.0. The van der Waals surface area contributed by atoms with Crippen LogP contribution in [0, 0.1) is 6.92 Å². The van der Waals surface area contributed by atoms with E-state index in [-0.39, 0.29) is 11.7 Å². The fraction of sp³-hybridized carbons (Fsp3) is 0.0968. The van der Waals surface area contributed by atoms with E-state index in [0.717, 1.165) is 39.1 Å². The third-order valence-electron chi connectivity index (χ3n) is 7.12. The van der Waals surface area contributed by atoms with Crippen LogP contribution in [0.15, 0.2) is 112 Å². The van der Waals surface area contributed by atoms with Crippen molar-refractivity contribution in [2.45, 2.75) is 19.1 Å². The monoisotopic (exact) mass is 627 g/mol. The van der Waals surface area contributed by atoms with E-state index in [4.69, 9.17) is 15.1 Å². The quantitative estimate of drug-likeness (QED) is 0.219. The van der Waals surface area contributed by atoms with Gasteiger partial charge in [-0.25, -0.2) is 15.0 Å². The molecule has 0 unspecified atom stereocenters. The van der Waals surface area contributed by atoms with Crippen molar-refractivity contribution in [3.63, 3.8) is 0 Å². The molecule has 4 heterocycles. The van der Waals surface area contributed by atoms with Crippen molar-refractivity contribution in [1.82, 2.24) is 14.8 Å². The van der Waals surface area contributed by atoms with Gasteiger partial charge in [0.1, 0.15) is 0 Å². The molecule has 2 aromatic heterocycles. The molecule has 0 amide bonds. The van der Waals surface area contributed by atoms with Gasteiger partial charge in [-0.15, -0.1) is 0 Å². The van der Waals surface area contributed by atoms with Crippen molar-refractivity contribution in [3.05, 3.63) is 124 Å². The molecule has 0 saturated heterocycles. The van der Waals surface area contributed by atoms with Crippen molar-refractivity contribution in [2.75, 3.05) is 10.2 Å². The fourth-order valence-corrected chi connectivity index (χ4v) is 5.76. The number of rotatable bonds is 3. The van der Waals surface area contributed by atoms with Gasteiger partial charge in [-0.05, 0) is 67.1 Å². The van der Waals surface area contributed by atoms with Crippen LogP contribution in [0.4, 0.5) is 36.1 Å². The summed E-state index contributed by atoms with van der Waals surface area (Å²) >= 11 is 3.62. The summed E-state index contributed by atoms with van der Waals surface area (Å²) < 4.78 is 43.2. The van der Waals surface area contributed by atoms with Gasteiger partial charge >= 0.3 is 6.18 Å². The smallest absolute Gasteiger partial charge is 0.337 e. The molecule has 0 aliphatic carbocycles. The highest BCUT2D eigenvalue weighted by Crippen LogP contribution is 2.48. The number of amidine groups is 2. The molecular formula is C31H21BrF3N7. The highest BCUT2D eigenvalue weighted by molar-refractivity contribution is 9.10. The first-order chi connectivity index (χ1) is 20.3. The molecule has 2 aliphatic rings. The first kappa shape index (κ1) is 26.1. The van der Waals surface area contributed by atoms with Gasteiger partial charge in [0.05, 0.1) is 28.7 Å². The highest BCUT2D eigenvalue weighted by atomic mass is 79.9. The van der Waals surface area contributed by atoms with Crippen LogP contribution in [-0.2, 0) is 6.18 Å². The Balaban J connectivity index is 1.47. The van der Waals surface area contributed by atoms with E-state index in [1.807, 2.05) is 73.7 Å². The lowest BCUT2D eigenvalue weighted by atomic mass is 9.93. The number of pyridine rings is 1. The third-order valence-corrected chi connectivity index (χ3v) is 7.61. The van der Waals surface area contributed by atoms with Crippen LogP contribution in [0.5, 0.6) is 0 Å². The molecule has 42 heavy (non-hydrogen) atoms. The molecule has 0 fully saturated rings. The lowest BCUT2D eigenvalue weighted by molar-refractivity contribution is -0.137. The standard InChI is InChI=1S/C31H21BrF3N7/c1-18-26-27(19-8-6-10-21(32)16-19)41-24-13-3-2-12-23(24)38-28(37-22-11-7-9-20(17-22)31(33,34)35)30(41)39-29(26)42(40-18)25-14-4-5-15-36-25/h2-17,27H,1H3,(H,37,38)/t27-/m1/s1. The first-order valence-corrected chi connectivity index (χ1v) is 13.8. The van der Waals surface area contributed by atoms with E-state index in [1.165, 1.54) is 6.07 Å². The minimum absolute atomic E-state index is 0.241. The summed E-state index contributed by atoms with van der Waals surface area (Å²) in [5.74, 6) is 1.92. The SMILES string of the molecule is Cc1nn(-c2ccccn2)c2c1[C@@H](c1cccc(Br)c1)N1C(=N2)C(Nc2cccc(C(F)(F)F)c2)=Nc2ccccc21. The molecule has 7 nitrogen and oxygen atoms in total. The molecule has 0 saturated carbocycles. The van der Waals surface area contributed by atoms with Crippen LogP contribution in [0.2, 0.25) is 0 Å². The Labute approximate surface area is 247 Å². The van der Waals surface area contributed by atoms with Crippen molar-refractivity contribution in [2.24, 2.45) is 9.98 Å². The predicted molar refractivity (Wildman–Crippen MR) is 160 cm³/mol. The van der Waals surface area contributed by atoms with E-state index in [2.05, 4.69) is 31.1 Å². The van der Waals surface area contributed by atoms with Crippen molar-refractivity contribution >= 4 is 50.5 Å². The summed E-state index contributed by atoms with van der Waals surface area (Å²) in [6.45, 7) is 1.94. The van der Waals surface area contributed by atoms with Gasteiger partial charge in [0.2, 0.25) is 0 Å². The number of nitrogens with one attached hydrogen (secondary N) is 1. The van der Waals surface area contributed by atoms with Crippen LogP contribution >= 0.6 is 15.9 Å². The number of benzene rings is 3. The van der Waals surface area contributed by atoms with E-state index in [1.54, 1.807) is 16.9 Å². The van der Waals surface area contributed by atoms with Gasteiger partial charge in [0.25, 0.3) is 0 Å². The molecule has 3 aromatic carbocycles. The number of aliphatic imine (C=N–C) groups is 2. The zero-order valence-corrected chi connectivity index (χ0v) is 23.6. The zero-order chi connectivity index (χ0) is 29.0. The first-order valence-electron chi connectivity index (χ1n) is 13.0. The summed E-state index contributed by atoms with van der Waals surface area (Å²) in [4.78, 5) is 16.5. The molecule has 0 spiro atoms. The Kier molecular flexibility index (Phi) is 6.19. The summed E-state index contributed by atoms with van der Waals surface area (Å²) in [7, 11) is 0. The summed E-state index contributed by atoms with van der Waals surface area (Å²) in [5.41, 5.74) is 3.58. The maximum Gasteiger partial charge on any atom is 0.416 e. The van der Waals surface area contributed by atoms with Crippen LogP contribution in [-0.4, -0.2) is 26.4 Å². The van der Waals surface area contributed by atoms with E-state index in [0.29, 0.717) is 29.0 Å². The molecule has 11 heteroatoms. The van der Waals surface area contributed by atoms with Crippen LogP contribution < -0.4 is 10.2 Å². The second-order valence-electron chi connectivity index (χ2n) is 9.84. The maximum atomic E-state index is 13.5. The molecule has 0 bridgehead atoms. The molecular weight excluding hydrogens is 607 g/mol. The number of hydrogen-bond donors (Lipinski definition) is 1. The third kappa shape index (κ3) is 4.46. The minimum Gasteiger partial charge on any atom is -0.337 e. The van der Waals surface area contributed by atoms with Crippen molar-refractivity contribution in [3.8, 4) is 5.82 Å².